The molecule has 1 fully saturated rings. The van der Waals surface area contributed by atoms with Crippen LogP contribution in [0.5, 0.6) is 5.75 Å². The van der Waals surface area contributed by atoms with Crippen LogP contribution in [0.15, 0.2) is 24.3 Å². The molecule has 3 heteroatoms. The molecule has 0 aromatic heterocycles. The maximum Gasteiger partial charge on any atom is 0.115 e. The van der Waals surface area contributed by atoms with Gasteiger partial charge in [-0.3, -0.25) is 0 Å². The van der Waals surface area contributed by atoms with Crippen LogP contribution in [0.25, 0.3) is 0 Å². The summed E-state index contributed by atoms with van der Waals surface area (Å²) < 4.78 is 0. The van der Waals surface area contributed by atoms with E-state index in [-0.39, 0.29) is 0 Å². The standard InChI is InChI=1S/C10H14N2O/c13-10-3-1-8(2-4-10)5-12-9-6-11-7-9/h1-4,9,11-13H,5-7H2. The topological polar surface area (TPSA) is 44.3 Å². The molecule has 0 atom stereocenters. The van der Waals surface area contributed by atoms with E-state index in [2.05, 4.69) is 10.6 Å². The maximum absolute atomic E-state index is 9.06. The van der Waals surface area contributed by atoms with Crippen molar-refractivity contribution in [2.45, 2.75) is 12.6 Å². The Kier molecular flexibility index (Phi) is 2.47. The van der Waals surface area contributed by atoms with Gasteiger partial charge in [-0.1, -0.05) is 12.1 Å². The van der Waals surface area contributed by atoms with Crippen molar-refractivity contribution in [1.82, 2.24) is 10.6 Å². The molecule has 0 spiro atoms. The van der Waals surface area contributed by atoms with Crippen molar-refractivity contribution in [1.29, 1.82) is 0 Å². The molecule has 0 unspecified atom stereocenters. The van der Waals surface area contributed by atoms with E-state index in [4.69, 9.17) is 5.11 Å². The van der Waals surface area contributed by atoms with E-state index in [1.54, 1.807) is 12.1 Å². The van der Waals surface area contributed by atoms with Gasteiger partial charge in [-0.25, -0.2) is 0 Å². The Morgan fingerprint density at radius 1 is 1.31 bits per heavy atom. The van der Waals surface area contributed by atoms with Crippen molar-refractivity contribution in [3.8, 4) is 5.75 Å². The van der Waals surface area contributed by atoms with Crippen molar-refractivity contribution in [2.24, 2.45) is 0 Å². The molecule has 1 aliphatic rings. The van der Waals surface area contributed by atoms with Gasteiger partial charge in [0.1, 0.15) is 5.75 Å². The quantitative estimate of drug-likeness (QED) is 0.630. The van der Waals surface area contributed by atoms with E-state index in [9.17, 15) is 0 Å². The molecule has 13 heavy (non-hydrogen) atoms. The normalized spacial score (nSPS) is 16.9. The molecule has 2 rings (SSSR count). The van der Waals surface area contributed by atoms with E-state index in [1.165, 1.54) is 5.56 Å². The molecule has 70 valence electrons. The Labute approximate surface area is 77.8 Å². The third-order valence-corrected chi connectivity index (χ3v) is 2.31. The highest BCUT2D eigenvalue weighted by Crippen LogP contribution is 2.09. The lowest BCUT2D eigenvalue weighted by atomic mass is 10.1. The second kappa shape index (κ2) is 3.77. The Hall–Kier alpha value is -1.06. The van der Waals surface area contributed by atoms with Crippen molar-refractivity contribution in [3.05, 3.63) is 29.8 Å². The third kappa shape index (κ3) is 2.20. The second-order valence-corrected chi connectivity index (χ2v) is 3.40. The van der Waals surface area contributed by atoms with E-state index >= 15 is 0 Å². The number of nitrogens with one attached hydrogen (secondary N) is 2. The van der Waals surface area contributed by atoms with Crippen LogP contribution >= 0.6 is 0 Å². The largest absolute Gasteiger partial charge is 0.508 e. The third-order valence-electron chi connectivity index (χ3n) is 2.31. The predicted octanol–water partition coefficient (Wildman–Crippen LogP) is 0.454. The van der Waals surface area contributed by atoms with Gasteiger partial charge in [0, 0.05) is 25.7 Å². The summed E-state index contributed by atoms with van der Waals surface area (Å²) in [5, 5.41) is 15.7. The summed E-state index contributed by atoms with van der Waals surface area (Å²) in [6.07, 6.45) is 0. The summed E-state index contributed by atoms with van der Waals surface area (Å²) in [5.41, 5.74) is 1.21. The molecule has 0 bridgehead atoms. The zero-order valence-corrected chi connectivity index (χ0v) is 7.46. The van der Waals surface area contributed by atoms with Crippen molar-refractivity contribution < 1.29 is 5.11 Å². The molecular formula is C10H14N2O. The first-order valence-corrected chi connectivity index (χ1v) is 4.56. The molecular weight excluding hydrogens is 164 g/mol. The summed E-state index contributed by atoms with van der Waals surface area (Å²) in [5.74, 6) is 0.328. The molecule has 1 aromatic carbocycles. The summed E-state index contributed by atoms with van der Waals surface area (Å²) in [7, 11) is 0. The molecule has 0 aliphatic carbocycles. The highest BCUT2D eigenvalue weighted by atomic mass is 16.3. The maximum atomic E-state index is 9.06. The van der Waals surface area contributed by atoms with Crippen LogP contribution in [0.2, 0.25) is 0 Å². The fourth-order valence-electron chi connectivity index (χ4n) is 1.31. The molecule has 0 radical (unpaired) electrons. The van der Waals surface area contributed by atoms with Crippen molar-refractivity contribution in [3.63, 3.8) is 0 Å². The Morgan fingerprint density at radius 2 is 2.00 bits per heavy atom. The monoisotopic (exact) mass is 178 g/mol. The van der Waals surface area contributed by atoms with Gasteiger partial charge < -0.3 is 15.7 Å². The number of hydrogen-bond acceptors (Lipinski definition) is 3. The average Bonchev–Trinajstić information content (AvgIpc) is 2.05. The van der Waals surface area contributed by atoms with Crippen molar-refractivity contribution in [2.75, 3.05) is 13.1 Å². The minimum absolute atomic E-state index is 0.328. The highest BCUT2D eigenvalue weighted by molar-refractivity contribution is 5.25. The zero-order chi connectivity index (χ0) is 9.10. The van der Waals surface area contributed by atoms with Crippen molar-refractivity contribution >= 4 is 0 Å². The minimum atomic E-state index is 0.328. The van der Waals surface area contributed by atoms with Gasteiger partial charge in [0.2, 0.25) is 0 Å². The summed E-state index contributed by atoms with van der Waals surface area (Å²) in [6.45, 7) is 3.02. The molecule has 0 amide bonds. The van der Waals surface area contributed by atoms with E-state index in [0.717, 1.165) is 19.6 Å². The lowest BCUT2D eigenvalue weighted by molar-refractivity contribution is 0.365. The molecule has 1 aromatic rings. The van der Waals surface area contributed by atoms with Gasteiger partial charge in [-0.05, 0) is 17.7 Å². The first-order valence-electron chi connectivity index (χ1n) is 4.56. The lowest BCUT2D eigenvalue weighted by Crippen LogP contribution is -2.54. The van der Waals surface area contributed by atoms with Crippen LogP contribution in [-0.4, -0.2) is 24.2 Å². The van der Waals surface area contributed by atoms with Crippen LogP contribution in [0, 0.1) is 0 Å². The van der Waals surface area contributed by atoms with E-state index in [1.807, 2.05) is 12.1 Å². The summed E-state index contributed by atoms with van der Waals surface area (Å²) in [6, 6.07) is 7.93. The number of rotatable bonds is 3. The number of phenols is 1. The zero-order valence-electron chi connectivity index (χ0n) is 7.46. The van der Waals surface area contributed by atoms with Crippen LogP contribution in [0.4, 0.5) is 0 Å². The Balaban J connectivity index is 1.83. The van der Waals surface area contributed by atoms with Gasteiger partial charge in [0.15, 0.2) is 0 Å². The smallest absolute Gasteiger partial charge is 0.115 e. The molecule has 1 saturated heterocycles. The fourth-order valence-corrected chi connectivity index (χ4v) is 1.31. The molecule has 0 saturated carbocycles. The number of benzene rings is 1. The highest BCUT2D eigenvalue weighted by Gasteiger charge is 2.14. The van der Waals surface area contributed by atoms with Gasteiger partial charge in [-0.2, -0.15) is 0 Å². The summed E-state index contributed by atoms with van der Waals surface area (Å²) >= 11 is 0. The predicted molar refractivity (Wildman–Crippen MR) is 51.6 cm³/mol. The van der Waals surface area contributed by atoms with E-state index in [0.29, 0.717) is 11.8 Å². The van der Waals surface area contributed by atoms with Gasteiger partial charge >= 0.3 is 0 Å². The molecule has 3 N–H and O–H groups in total. The fraction of sp³-hybridized carbons (Fsp3) is 0.400. The molecule has 1 aliphatic heterocycles. The first kappa shape index (κ1) is 8.53. The van der Waals surface area contributed by atoms with Crippen LogP contribution in [0.1, 0.15) is 5.56 Å². The van der Waals surface area contributed by atoms with Crippen LogP contribution in [-0.2, 0) is 6.54 Å². The van der Waals surface area contributed by atoms with E-state index < -0.39 is 0 Å². The van der Waals surface area contributed by atoms with Gasteiger partial charge in [0.25, 0.3) is 0 Å². The average molecular weight is 178 g/mol. The minimum Gasteiger partial charge on any atom is -0.508 e. The summed E-state index contributed by atoms with van der Waals surface area (Å²) in [4.78, 5) is 0. The second-order valence-electron chi connectivity index (χ2n) is 3.40. The molecule has 3 nitrogen and oxygen atoms in total. The van der Waals surface area contributed by atoms with Crippen LogP contribution < -0.4 is 10.6 Å². The Bertz CT molecular complexity index is 267. The number of phenolic OH excluding ortho intramolecular Hbond substituents is 1. The SMILES string of the molecule is Oc1ccc(CNC2CNC2)cc1. The number of aromatic hydroxyl groups is 1. The number of hydrogen-bond donors (Lipinski definition) is 3. The van der Waals surface area contributed by atoms with Gasteiger partial charge in [0.05, 0.1) is 0 Å². The van der Waals surface area contributed by atoms with Gasteiger partial charge in [-0.15, -0.1) is 0 Å². The first-order chi connectivity index (χ1) is 6.34. The van der Waals surface area contributed by atoms with Crippen LogP contribution in [0.3, 0.4) is 0 Å². The molecule has 1 heterocycles. The Morgan fingerprint density at radius 3 is 2.54 bits per heavy atom. The lowest BCUT2D eigenvalue weighted by Gasteiger charge is -2.28.